The summed E-state index contributed by atoms with van der Waals surface area (Å²) in [6.07, 6.45) is 3.28. The average Bonchev–Trinajstić information content (AvgIpc) is 2.61. The van der Waals surface area contributed by atoms with Crippen molar-refractivity contribution in [1.82, 2.24) is 4.57 Å². The third kappa shape index (κ3) is 2.66. The van der Waals surface area contributed by atoms with Gasteiger partial charge in [0.2, 0.25) is 0 Å². The maximum absolute atomic E-state index is 12.5. The lowest BCUT2D eigenvalue weighted by Crippen LogP contribution is -2.42. The van der Waals surface area contributed by atoms with Gasteiger partial charge in [-0.2, -0.15) is 4.57 Å². The van der Waals surface area contributed by atoms with E-state index >= 15 is 0 Å². The molecule has 2 aromatic carbocycles. The zero-order valence-corrected chi connectivity index (χ0v) is 12.8. The van der Waals surface area contributed by atoms with Crippen LogP contribution in [-0.2, 0) is 0 Å². The Morgan fingerprint density at radius 3 is 2.35 bits per heavy atom. The number of benzene rings is 2. The molecule has 0 bridgehead atoms. The van der Waals surface area contributed by atoms with Crippen LogP contribution in [0.3, 0.4) is 0 Å². The van der Waals surface area contributed by atoms with Gasteiger partial charge in [-0.25, -0.2) is 9.36 Å². The standard InChI is InChI=1S/C19H16N2O2/c1-3-15-9-11-17(12-10-15)21-13-20(16-7-5-4-6-8-16)18(22)14(2)19(21)23/h3-13H,1H2,2H3. The van der Waals surface area contributed by atoms with Gasteiger partial charge in [0.25, 0.3) is 6.33 Å². The summed E-state index contributed by atoms with van der Waals surface area (Å²) in [4.78, 5) is 12.4. The Kier molecular flexibility index (Phi) is 3.81. The van der Waals surface area contributed by atoms with Crippen molar-refractivity contribution in [1.29, 1.82) is 0 Å². The molecule has 4 heteroatoms. The maximum atomic E-state index is 12.5. The van der Waals surface area contributed by atoms with Gasteiger partial charge in [-0.1, -0.05) is 43.0 Å². The lowest BCUT2D eigenvalue weighted by atomic mass is 10.2. The summed E-state index contributed by atoms with van der Waals surface area (Å²) < 4.78 is 2.97. The number of aromatic nitrogens is 2. The monoisotopic (exact) mass is 304 g/mol. The van der Waals surface area contributed by atoms with Gasteiger partial charge >= 0.3 is 5.56 Å². The van der Waals surface area contributed by atoms with Gasteiger partial charge in [0.05, 0.1) is 11.4 Å². The minimum absolute atomic E-state index is 0.184. The van der Waals surface area contributed by atoms with E-state index in [-0.39, 0.29) is 17.0 Å². The zero-order chi connectivity index (χ0) is 16.4. The van der Waals surface area contributed by atoms with E-state index in [1.54, 1.807) is 13.0 Å². The molecule has 114 valence electrons. The van der Waals surface area contributed by atoms with E-state index in [0.717, 1.165) is 11.3 Å². The van der Waals surface area contributed by atoms with Crippen LogP contribution >= 0.6 is 0 Å². The second-order valence-corrected chi connectivity index (χ2v) is 5.22. The molecule has 0 atom stereocenters. The third-order valence-electron chi connectivity index (χ3n) is 3.75. The van der Waals surface area contributed by atoms with E-state index in [2.05, 4.69) is 6.58 Å². The Labute approximate surface area is 134 Å². The normalized spacial score (nSPS) is 10.5. The van der Waals surface area contributed by atoms with Crippen LogP contribution in [0.25, 0.3) is 17.5 Å². The maximum Gasteiger partial charge on any atom is 0.344 e. The lowest BCUT2D eigenvalue weighted by Gasteiger charge is -2.14. The van der Waals surface area contributed by atoms with Crippen molar-refractivity contribution in [3.05, 3.63) is 89.0 Å². The lowest BCUT2D eigenvalue weighted by molar-refractivity contribution is -0.655. The topological polar surface area (TPSA) is 48.9 Å². The van der Waals surface area contributed by atoms with Crippen LogP contribution in [0.4, 0.5) is 0 Å². The summed E-state index contributed by atoms with van der Waals surface area (Å²) >= 11 is 0. The Morgan fingerprint density at radius 1 is 1.09 bits per heavy atom. The van der Waals surface area contributed by atoms with Crippen LogP contribution in [0.2, 0.25) is 0 Å². The highest BCUT2D eigenvalue weighted by Gasteiger charge is 2.15. The van der Waals surface area contributed by atoms with Crippen molar-refractivity contribution in [2.45, 2.75) is 6.92 Å². The van der Waals surface area contributed by atoms with E-state index in [1.807, 2.05) is 54.6 Å². The number of para-hydroxylation sites is 1. The first-order valence-electron chi connectivity index (χ1n) is 7.25. The first-order chi connectivity index (χ1) is 11.1. The van der Waals surface area contributed by atoms with E-state index < -0.39 is 0 Å². The molecule has 23 heavy (non-hydrogen) atoms. The van der Waals surface area contributed by atoms with Crippen molar-refractivity contribution in [3.8, 4) is 17.3 Å². The van der Waals surface area contributed by atoms with Crippen LogP contribution in [0.5, 0.6) is 5.88 Å². The SMILES string of the molecule is C=Cc1ccc(-[n+]2cn(-c3ccccc3)c(=O)c(C)c2[O-])cc1. The minimum atomic E-state index is -0.312. The summed E-state index contributed by atoms with van der Waals surface area (Å²) in [5.41, 5.74) is 2.27. The number of rotatable bonds is 3. The average molecular weight is 304 g/mol. The molecule has 4 nitrogen and oxygen atoms in total. The summed E-state index contributed by atoms with van der Waals surface area (Å²) in [5.74, 6) is -0.312. The fourth-order valence-electron chi connectivity index (χ4n) is 2.40. The molecule has 3 rings (SSSR count). The molecule has 0 aliphatic heterocycles. The predicted molar refractivity (Wildman–Crippen MR) is 87.8 cm³/mol. The Bertz CT molecular complexity index is 911. The van der Waals surface area contributed by atoms with E-state index in [1.165, 1.54) is 15.5 Å². The molecule has 0 spiro atoms. The molecule has 1 heterocycles. The highest BCUT2D eigenvalue weighted by Crippen LogP contribution is 2.11. The molecule has 0 radical (unpaired) electrons. The summed E-state index contributed by atoms with van der Waals surface area (Å²) in [6, 6.07) is 16.7. The smallest absolute Gasteiger partial charge is 0.344 e. The van der Waals surface area contributed by atoms with E-state index in [9.17, 15) is 9.90 Å². The van der Waals surface area contributed by atoms with Crippen molar-refractivity contribution < 1.29 is 9.67 Å². The summed E-state index contributed by atoms with van der Waals surface area (Å²) in [7, 11) is 0. The molecule has 0 unspecified atom stereocenters. The Balaban J connectivity index is 2.23. The van der Waals surface area contributed by atoms with Crippen LogP contribution in [0, 0.1) is 6.92 Å². The van der Waals surface area contributed by atoms with Gasteiger partial charge in [-0.3, -0.25) is 0 Å². The van der Waals surface area contributed by atoms with Gasteiger partial charge in [0, 0.05) is 0 Å². The largest absolute Gasteiger partial charge is 0.842 e. The Hall–Kier alpha value is -3.14. The third-order valence-corrected chi connectivity index (χ3v) is 3.75. The Morgan fingerprint density at radius 2 is 1.74 bits per heavy atom. The molecule has 3 aromatic rings. The molecule has 0 saturated carbocycles. The molecule has 0 saturated heterocycles. The van der Waals surface area contributed by atoms with E-state index in [0.29, 0.717) is 5.69 Å². The second kappa shape index (κ2) is 5.93. The van der Waals surface area contributed by atoms with Gasteiger partial charge in [-0.15, -0.1) is 0 Å². The van der Waals surface area contributed by atoms with Crippen LogP contribution in [-0.4, -0.2) is 4.57 Å². The van der Waals surface area contributed by atoms with E-state index in [4.69, 9.17) is 0 Å². The molecule has 0 N–H and O–H groups in total. The van der Waals surface area contributed by atoms with Gasteiger partial charge in [0.15, 0.2) is 0 Å². The molecular weight excluding hydrogens is 288 g/mol. The van der Waals surface area contributed by atoms with Crippen molar-refractivity contribution in [3.63, 3.8) is 0 Å². The van der Waals surface area contributed by atoms with Gasteiger partial charge in [-0.05, 0) is 36.8 Å². The molecule has 0 aliphatic rings. The van der Waals surface area contributed by atoms with Crippen molar-refractivity contribution >= 4 is 6.08 Å². The summed E-state index contributed by atoms with van der Waals surface area (Å²) in [5, 5.41) is 12.5. The highest BCUT2D eigenvalue weighted by atomic mass is 16.3. The molecule has 0 aliphatic carbocycles. The zero-order valence-electron chi connectivity index (χ0n) is 12.8. The second-order valence-electron chi connectivity index (χ2n) is 5.22. The number of hydrogen-bond acceptors (Lipinski definition) is 2. The van der Waals surface area contributed by atoms with Gasteiger partial charge < -0.3 is 5.11 Å². The van der Waals surface area contributed by atoms with Crippen LogP contribution in [0.1, 0.15) is 11.1 Å². The summed E-state index contributed by atoms with van der Waals surface area (Å²) in [6.45, 7) is 5.27. The number of nitrogens with zero attached hydrogens (tertiary/aromatic N) is 2. The van der Waals surface area contributed by atoms with Crippen LogP contribution in [0.15, 0.2) is 72.3 Å². The molecule has 1 aromatic heterocycles. The minimum Gasteiger partial charge on any atom is -0.842 e. The fraction of sp³-hybridized carbons (Fsp3) is 0.0526. The molecule has 0 amide bonds. The van der Waals surface area contributed by atoms with Crippen molar-refractivity contribution in [2.24, 2.45) is 0 Å². The highest BCUT2D eigenvalue weighted by molar-refractivity contribution is 5.48. The van der Waals surface area contributed by atoms with Crippen molar-refractivity contribution in [2.75, 3.05) is 0 Å². The number of hydrogen-bond donors (Lipinski definition) is 0. The molecular formula is C19H16N2O2. The predicted octanol–water partition coefficient (Wildman–Crippen LogP) is 2.14. The quantitative estimate of drug-likeness (QED) is 0.696. The fourth-order valence-corrected chi connectivity index (χ4v) is 2.40. The molecule has 0 fully saturated rings. The first kappa shape index (κ1) is 14.8. The van der Waals surface area contributed by atoms with Crippen LogP contribution < -0.4 is 15.2 Å². The first-order valence-corrected chi connectivity index (χ1v) is 7.25. The van der Waals surface area contributed by atoms with Gasteiger partial charge in [0.1, 0.15) is 11.4 Å².